The molecule has 3 saturated carbocycles. The molecule has 1 nitrogen and oxygen atoms in total. The lowest BCUT2D eigenvalue weighted by Crippen LogP contribution is -2.35. The van der Waals surface area contributed by atoms with Gasteiger partial charge in [-0.25, -0.2) is 0 Å². The highest BCUT2D eigenvalue weighted by Crippen LogP contribution is 2.35. The van der Waals surface area contributed by atoms with Crippen LogP contribution in [0.25, 0.3) is 0 Å². The maximum atomic E-state index is 2.56. The Bertz CT molecular complexity index is 377. The van der Waals surface area contributed by atoms with Crippen LogP contribution in [0.15, 0.2) is 0 Å². The number of rotatable bonds is 4. The molecule has 4 aliphatic rings. The minimum absolute atomic E-state index is 0.769. The number of hydrogen-bond acceptors (Lipinski definition) is 1. The molecule has 0 aromatic rings. The minimum atomic E-state index is 0.769. The minimum Gasteiger partial charge on any atom is -0.301 e. The molecule has 1 aliphatic heterocycles. The van der Waals surface area contributed by atoms with Crippen molar-refractivity contribution in [1.82, 2.24) is 4.90 Å². The van der Waals surface area contributed by atoms with E-state index in [4.69, 9.17) is 0 Å². The van der Waals surface area contributed by atoms with Gasteiger partial charge in [0.2, 0.25) is 0 Å². The van der Waals surface area contributed by atoms with Crippen LogP contribution in [0.4, 0.5) is 0 Å². The van der Waals surface area contributed by atoms with Gasteiger partial charge in [0.25, 0.3) is 0 Å². The van der Waals surface area contributed by atoms with Crippen LogP contribution in [0.5, 0.6) is 0 Å². The largest absolute Gasteiger partial charge is 0.301 e. The van der Waals surface area contributed by atoms with Crippen molar-refractivity contribution in [2.24, 2.45) is 35.5 Å². The van der Waals surface area contributed by atoms with Gasteiger partial charge in [-0.1, -0.05) is 92.9 Å². The van der Waals surface area contributed by atoms with Gasteiger partial charge in [0.15, 0.2) is 0 Å². The summed E-state index contributed by atoms with van der Waals surface area (Å²) >= 11 is 0. The third-order valence-electron chi connectivity index (χ3n) is 8.12. The van der Waals surface area contributed by atoms with Crippen LogP contribution in [-0.4, -0.2) is 24.0 Å². The molecule has 0 atom stereocenters. The zero-order valence-electron chi connectivity index (χ0n) is 22.4. The second-order valence-electron chi connectivity index (χ2n) is 12.0. The Balaban J connectivity index is 0.000000202. The van der Waals surface area contributed by atoms with Crippen LogP contribution < -0.4 is 0 Å². The molecule has 1 heterocycles. The Kier molecular flexibility index (Phi) is 14.7. The van der Waals surface area contributed by atoms with E-state index in [0.29, 0.717) is 0 Å². The summed E-state index contributed by atoms with van der Waals surface area (Å²) in [5.74, 6) is 6.11. The standard InChI is InChI=1S/C8H17N.C8H16.C7H14.C6H12/c1-8(2)9-6-4-3-5-7-9;1-7(2)8-5-3-4-6-8;1-6(2)7-4-3-5-7;1-5(2)6-3-4-6/h8H,3-7H2,1-2H3;7-8H,3-6H2,1-2H3;6-7H,3-5H2,1-2H3;5-6H,3-4H2,1-2H3. The fraction of sp³-hybridized carbons (Fsp3) is 1.00. The topological polar surface area (TPSA) is 3.24 Å². The molecule has 0 spiro atoms. The van der Waals surface area contributed by atoms with E-state index in [-0.39, 0.29) is 0 Å². The van der Waals surface area contributed by atoms with Crippen LogP contribution in [0, 0.1) is 35.5 Å². The molecule has 0 amide bonds. The third-order valence-corrected chi connectivity index (χ3v) is 8.12. The Morgan fingerprint density at radius 3 is 0.967 bits per heavy atom. The Hall–Kier alpha value is -0.0400. The summed E-state index contributed by atoms with van der Waals surface area (Å²) in [6.07, 6.45) is 17.7. The molecule has 0 radical (unpaired) electrons. The van der Waals surface area contributed by atoms with Gasteiger partial charge in [-0.05, 0) is 88.1 Å². The Morgan fingerprint density at radius 2 is 0.800 bits per heavy atom. The van der Waals surface area contributed by atoms with E-state index < -0.39 is 0 Å². The summed E-state index contributed by atoms with van der Waals surface area (Å²) in [7, 11) is 0. The van der Waals surface area contributed by atoms with Crippen molar-refractivity contribution in [3.05, 3.63) is 0 Å². The van der Waals surface area contributed by atoms with Crippen molar-refractivity contribution in [3.8, 4) is 0 Å². The second kappa shape index (κ2) is 15.7. The molecule has 30 heavy (non-hydrogen) atoms. The molecular weight excluding hydrogens is 362 g/mol. The highest BCUT2D eigenvalue weighted by molar-refractivity contribution is 4.75. The SMILES string of the molecule is CC(C)C1CC1.CC(C)C1CCC1.CC(C)C1CCCC1.CC(C)N1CCCCC1. The molecule has 0 bridgehead atoms. The summed E-state index contributed by atoms with van der Waals surface area (Å²) in [5, 5.41) is 0. The number of piperidine rings is 1. The zero-order valence-corrected chi connectivity index (χ0v) is 22.4. The molecule has 180 valence electrons. The fourth-order valence-corrected chi connectivity index (χ4v) is 4.93. The first-order chi connectivity index (χ1) is 14.2. The first kappa shape index (κ1) is 28.0. The van der Waals surface area contributed by atoms with Crippen LogP contribution in [-0.2, 0) is 0 Å². The highest BCUT2D eigenvalue weighted by atomic mass is 15.1. The predicted molar refractivity (Wildman–Crippen MR) is 137 cm³/mol. The van der Waals surface area contributed by atoms with Crippen molar-refractivity contribution in [2.45, 2.75) is 138 Å². The van der Waals surface area contributed by atoms with Crippen molar-refractivity contribution >= 4 is 0 Å². The van der Waals surface area contributed by atoms with E-state index >= 15 is 0 Å². The maximum Gasteiger partial charge on any atom is 0.00385 e. The van der Waals surface area contributed by atoms with E-state index in [1.54, 1.807) is 0 Å². The summed E-state index contributed by atoms with van der Waals surface area (Å²) in [6, 6.07) is 0.769. The number of nitrogens with zero attached hydrogens (tertiary/aromatic N) is 1. The average molecular weight is 422 g/mol. The molecule has 0 N–H and O–H groups in total. The zero-order chi connectivity index (χ0) is 22.5. The van der Waals surface area contributed by atoms with Gasteiger partial charge >= 0.3 is 0 Å². The first-order valence-electron chi connectivity index (χ1n) is 14.0. The number of hydrogen-bond donors (Lipinski definition) is 0. The van der Waals surface area contributed by atoms with Crippen LogP contribution in [0.3, 0.4) is 0 Å². The fourth-order valence-electron chi connectivity index (χ4n) is 4.93. The second-order valence-corrected chi connectivity index (χ2v) is 12.0. The van der Waals surface area contributed by atoms with Crippen molar-refractivity contribution in [2.75, 3.05) is 13.1 Å². The molecule has 4 fully saturated rings. The van der Waals surface area contributed by atoms with Gasteiger partial charge in [0, 0.05) is 6.04 Å². The normalized spacial score (nSPS) is 22.8. The molecule has 0 unspecified atom stereocenters. The lowest BCUT2D eigenvalue weighted by Gasteiger charge is -2.29. The predicted octanol–water partition coefficient (Wildman–Crippen LogP) is 9.21. The van der Waals surface area contributed by atoms with E-state index in [2.05, 4.69) is 60.3 Å². The van der Waals surface area contributed by atoms with Crippen LogP contribution in [0.2, 0.25) is 0 Å². The molecule has 0 aromatic carbocycles. The molecule has 0 aromatic heterocycles. The van der Waals surface area contributed by atoms with Gasteiger partial charge in [-0.2, -0.15) is 0 Å². The van der Waals surface area contributed by atoms with E-state index in [1.807, 2.05) is 0 Å². The van der Waals surface area contributed by atoms with Gasteiger partial charge in [-0.3, -0.25) is 0 Å². The van der Waals surface area contributed by atoms with Gasteiger partial charge in [0.1, 0.15) is 0 Å². The van der Waals surface area contributed by atoms with Crippen molar-refractivity contribution < 1.29 is 0 Å². The van der Waals surface area contributed by atoms with Gasteiger partial charge in [0.05, 0.1) is 0 Å². The lowest BCUT2D eigenvalue weighted by molar-refractivity contribution is 0.185. The first-order valence-corrected chi connectivity index (χ1v) is 14.0. The monoisotopic (exact) mass is 421 g/mol. The lowest BCUT2D eigenvalue weighted by atomic mass is 9.78. The van der Waals surface area contributed by atoms with Crippen LogP contribution in [0.1, 0.15) is 132 Å². The van der Waals surface area contributed by atoms with Crippen LogP contribution >= 0.6 is 0 Å². The van der Waals surface area contributed by atoms with E-state index in [1.165, 1.54) is 90.1 Å². The smallest absolute Gasteiger partial charge is 0.00385 e. The molecule has 3 aliphatic carbocycles. The summed E-state index contributed by atoms with van der Waals surface area (Å²) in [6.45, 7) is 21.2. The maximum absolute atomic E-state index is 2.56. The summed E-state index contributed by atoms with van der Waals surface area (Å²) in [4.78, 5) is 2.56. The average Bonchev–Trinajstić information content (AvgIpc) is 3.37. The summed E-state index contributed by atoms with van der Waals surface area (Å²) in [5.41, 5.74) is 0. The molecule has 1 heteroatoms. The van der Waals surface area contributed by atoms with E-state index in [9.17, 15) is 0 Å². The molecule has 4 rings (SSSR count). The molecular formula is C29H59N. The highest BCUT2D eigenvalue weighted by Gasteiger charge is 2.24. The van der Waals surface area contributed by atoms with E-state index in [0.717, 1.165) is 41.5 Å². The number of likely N-dealkylation sites (tertiary alicyclic amines) is 1. The molecule has 1 saturated heterocycles. The van der Waals surface area contributed by atoms with Crippen molar-refractivity contribution in [3.63, 3.8) is 0 Å². The van der Waals surface area contributed by atoms with Gasteiger partial charge < -0.3 is 4.90 Å². The van der Waals surface area contributed by atoms with Crippen molar-refractivity contribution in [1.29, 1.82) is 0 Å². The summed E-state index contributed by atoms with van der Waals surface area (Å²) < 4.78 is 0. The quantitative estimate of drug-likeness (QED) is 0.437. The Labute approximate surface area is 192 Å². The van der Waals surface area contributed by atoms with Gasteiger partial charge in [-0.15, -0.1) is 0 Å². The Morgan fingerprint density at radius 1 is 0.433 bits per heavy atom. The third kappa shape index (κ3) is 12.7.